The van der Waals surface area contributed by atoms with Gasteiger partial charge in [0.25, 0.3) is 5.78 Å². The number of carbonyl (C=O) groups excluding carboxylic acids is 1. The van der Waals surface area contributed by atoms with Crippen molar-refractivity contribution in [3.63, 3.8) is 0 Å². The lowest BCUT2D eigenvalue weighted by molar-refractivity contribution is 0.0602. The average Bonchev–Trinajstić information content (AvgIpc) is 3.30. The third-order valence-electron chi connectivity index (χ3n) is 3.78. The van der Waals surface area contributed by atoms with E-state index in [1.807, 2.05) is 19.1 Å². The molecule has 0 aliphatic rings. The average molecular weight is 349 g/mol. The summed E-state index contributed by atoms with van der Waals surface area (Å²) < 4.78 is 11.8. The number of hydrogen-bond donors (Lipinski definition) is 1. The summed E-state index contributed by atoms with van der Waals surface area (Å²) in [6.07, 6.45) is 1.56. The van der Waals surface area contributed by atoms with Crippen LogP contribution in [0.4, 0.5) is 11.5 Å². The number of esters is 1. The van der Waals surface area contributed by atoms with Crippen molar-refractivity contribution >= 4 is 23.3 Å². The number of fused-ring (bicyclic) bond motifs is 1. The van der Waals surface area contributed by atoms with Gasteiger partial charge in [0.05, 0.1) is 24.6 Å². The van der Waals surface area contributed by atoms with E-state index in [0.29, 0.717) is 34.4 Å². The first-order chi connectivity index (χ1) is 12.7. The Hall–Kier alpha value is -3.68. The molecule has 0 aliphatic carbocycles. The Morgan fingerprint density at radius 1 is 1.19 bits per heavy atom. The zero-order valence-corrected chi connectivity index (χ0v) is 14.1. The molecule has 0 saturated heterocycles. The summed E-state index contributed by atoms with van der Waals surface area (Å²) in [4.78, 5) is 20.8. The maximum atomic E-state index is 12.0. The maximum absolute atomic E-state index is 12.0. The van der Waals surface area contributed by atoms with Gasteiger partial charge in [0, 0.05) is 11.8 Å². The van der Waals surface area contributed by atoms with E-state index in [9.17, 15) is 4.79 Å². The molecular weight excluding hydrogens is 334 g/mol. The fraction of sp³-hybridized carbons (Fsp3) is 0.111. The molecule has 0 saturated carbocycles. The number of carbonyl (C=O) groups is 1. The van der Waals surface area contributed by atoms with Crippen LogP contribution in [-0.2, 0) is 4.74 Å². The number of nitrogens with zero attached hydrogens (tertiary/aromatic N) is 4. The summed E-state index contributed by atoms with van der Waals surface area (Å²) >= 11 is 0. The molecule has 3 heterocycles. The van der Waals surface area contributed by atoms with E-state index in [-0.39, 0.29) is 0 Å². The highest BCUT2D eigenvalue weighted by atomic mass is 16.5. The quantitative estimate of drug-likeness (QED) is 0.565. The predicted octanol–water partition coefficient (Wildman–Crippen LogP) is 3.22. The lowest BCUT2D eigenvalue weighted by atomic mass is 10.2. The number of aromatic nitrogens is 4. The minimum atomic E-state index is -0.426. The van der Waals surface area contributed by atoms with Crippen LogP contribution < -0.4 is 5.32 Å². The highest BCUT2D eigenvalue weighted by Gasteiger charge is 2.16. The van der Waals surface area contributed by atoms with Gasteiger partial charge in [0.15, 0.2) is 5.76 Å². The normalized spacial score (nSPS) is 10.8. The Labute approximate surface area is 148 Å². The number of nitrogens with one attached hydrogen (secondary N) is 1. The van der Waals surface area contributed by atoms with Crippen LogP contribution in [0.2, 0.25) is 0 Å². The minimum absolute atomic E-state index is 0.420. The SMILES string of the molecule is COC(=O)c1ccccc1Nc1cc(C)nc2nc(-c3ccco3)nn12. The largest absolute Gasteiger partial charge is 0.465 e. The summed E-state index contributed by atoms with van der Waals surface area (Å²) in [5, 5.41) is 7.68. The zero-order chi connectivity index (χ0) is 18.1. The van der Waals surface area contributed by atoms with Crippen LogP contribution in [-0.4, -0.2) is 32.7 Å². The van der Waals surface area contributed by atoms with Gasteiger partial charge < -0.3 is 14.5 Å². The number of para-hydroxylation sites is 1. The van der Waals surface area contributed by atoms with Crippen LogP contribution in [0.15, 0.2) is 53.1 Å². The number of anilines is 2. The first kappa shape index (κ1) is 15.8. The topological polar surface area (TPSA) is 94.5 Å². The number of ether oxygens (including phenoxy) is 1. The van der Waals surface area contributed by atoms with Crippen molar-refractivity contribution in [2.75, 3.05) is 12.4 Å². The molecule has 8 heteroatoms. The third-order valence-corrected chi connectivity index (χ3v) is 3.78. The van der Waals surface area contributed by atoms with Crippen molar-refractivity contribution < 1.29 is 13.9 Å². The van der Waals surface area contributed by atoms with E-state index in [1.54, 1.807) is 41.1 Å². The molecule has 0 atom stereocenters. The molecule has 0 spiro atoms. The summed E-state index contributed by atoms with van der Waals surface area (Å²) in [5.41, 5.74) is 1.78. The molecule has 0 bridgehead atoms. The Balaban J connectivity index is 1.81. The van der Waals surface area contributed by atoms with Gasteiger partial charge >= 0.3 is 5.97 Å². The molecule has 4 aromatic rings. The fourth-order valence-electron chi connectivity index (χ4n) is 2.60. The Morgan fingerprint density at radius 3 is 2.81 bits per heavy atom. The molecule has 26 heavy (non-hydrogen) atoms. The monoisotopic (exact) mass is 349 g/mol. The second-order valence-electron chi connectivity index (χ2n) is 5.57. The standard InChI is InChI=1S/C18H15N5O3/c1-11-10-15(20-13-7-4-3-6-12(13)17(24)25-2)23-18(19-11)21-16(22-23)14-8-5-9-26-14/h3-10,20H,1-2H3. The summed E-state index contributed by atoms with van der Waals surface area (Å²) in [7, 11) is 1.35. The van der Waals surface area contributed by atoms with Crippen LogP contribution in [0.3, 0.4) is 0 Å². The first-order valence-corrected chi connectivity index (χ1v) is 7.88. The molecule has 0 amide bonds. The van der Waals surface area contributed by atoms with Crippen LogP contribution in [0.25, 0.3) is 17.4 Å². The third kappa shape index (κ3) is 2.77. The minimum Gasteiger partial charge on any atom is -0.465 e. The number of hydrogen-bond acceptors (Lipinski definition) is 7. The molecular formula is C18H15N5O3. The van der Waals surface area contributed by atoms with Gasteiger partial charge in [-0.15, -0.1) is 5.10 Å². The molecule has 0 aliphatic heterocycles. The first-order valence-electron chi connectivity index (χ1n) is 7.88. The number of furan rings is 1. The highest BCUT2D eigenvalue weighted by molar-refractivity contribution is 5.96. The van der Waals surface area contributed by atoms with Crippen LogP contribution in [0.1, 0.15) is 16.1 Å². The number of rotatable bonds is 4. The van der Waals surface area contributed by atoms with Gasteiger partial charge in [-0.3, -0.25) is 0 Å². The molecule has 1 N–H and O–H groups in total. The van der Waals surface area contributed by atoms with Crippen molar-refractivity contribution in [1.82, 2.24) is 19.6 Å². The van der Waals surface area contributed by atoms with Crippen molar-refractivity contribution in [2.24, 2.45) is 0 Å². The summed E-state index contributed by atoms with van der Waals surface area (Å²) in [5.74, 6) is 1.60. The van der Waals surface area contributed by atoms with Gasteiger partial charge in [0.2, 0.25) is 5.82 Å². The smallest absolute Gasteiger partial charge is 0.339 e. The molecule has 4 rings (SSSR count). The molecule has 0 unspecified atom stereocenters. The fourth-order valence-corrected chi connectivity index (χ4v) is 2.60. The van der Waals surface area contributed by atoms with Crippen molar-refractivity contribution in [3.8, 4) is 11.6 Å². The van der Waals surface area contributed by atoms with E-state index in [4.69, 9.17) is 9.15 Å². The maximum Gasteiger partial charge on any atom is 0.339 e. The molecule has 1 aromatic carbocycles. The van der Waals surface area contributed by atoms with Crippen LogP contribution in [0, 0.1) is 6.92 Å². The lowest BCUT2D eigenvalue weighted by Crippen LogP contribution is -2.08. The van der Waals surface area contributed by atoms with Gasteiger partial charge in [-0.25, -0.2) is 9.78 Å². The highest BCUT2D eigenvalue weighted by Crippen LogP contribution is 2.24. The van der Waals surface area contributed by atoms with Crippen LogP contribution >= 0.6 is 0 Å². The molecule has 130 valence electrons. The number of aryl methyl sites for hydroxylation is 1. The molecule has 0 fully saturated rings. The second kappa shape index (κ2) is 6.32. The summed E-state index contributed by atoms with van der Waals surface area (Å²) in [6.45, 7) is 1.86. The predicted molar refractivity (Wildman–Crippen MR) is 94.3 cm³/mol. The van der Waals surface area contributed by atoms with Gasteiger partial charge in [-0.05, 0) is 31.2 Å². The number of benzene rings is 1. The second-order valence-corrected chi connectivity index (χ2v) is 5.57. The van der Waals surface area contributed by atoms with E-state index in [2.05, 4.69) is 20.4 Å². The van der Waals surface area contributed by atoms with E-state index >= 15 is 0 Å². The van der Waals surface area contributed by atoms with Crippen LogP contribution in [0.5, 0.6) is 0 Å². The van der Waals surface area contributed by atoms with Crippen molar-refractivity contribution in [3.05, 3.63) is 60.0 Å². The van der Waals surface area contributed by atoms with Gasteiger partial charge in [-0.2, -0.15) is 9.50 Å². The van der Waals surface area contributed by atoms with E-state index in [0.717, 1.165) is 5.69 Å². The Morgan fingerprint density at radius 2 is 2.04 bits per heavy atom. The van der Waals surface area contributed by atoms with E-state index in [1.165, 1.54) is 7.11 Å². The lowest BCUT2D eigenvalue weighted by Gasteiger charge is -2.11. The van der Waals surface area contributed by atoms with Crippen molar-refractivity contribution in [2.45, 2.75) is 6.92 Å². The van der Waals surface area contributed by atoms with Crippen molar-refractivity contribution in [1.29, 1.82) is 0 Å². The molecule has 0 radical (unpaired) electrons. The van der Waals surface area contributed by atoms with Gasteiger partial charge in [-0.1, -0.05) is 12.1 Å². The molecule has 8 nitrogen and oxygen atoms in total. The van der Waals surface area contributed by atoms with E-state index < -0.39 is 5.97 Å². The molecule has 3 aromatic heterocycles. The van der Waals surface area contributed by atoms with Gasteiger partial charge in [0.1, 0.15) is 5.82 Å². The zero-order valence-electron chi connectivity index (χ0n) is 14.1. The Kier molecular flexibility index (Phi) is 3.85. The summed E-state index contributed by atoms with van der Waals surface area (Å²) in [6, 6.07) is 12.5. The Bertz CT molecular complexity index is 1090. The number of methoxy groups -OCH3 is 1.